The Kier molecular flexibility index (Phi) is 5.64. The van der Waals surface area contributed by atoms with E-state index < -0.39 is 17.5 Å². The van der Waals surface area contributed by atoms with Crippen molar-refractivity contribution in [3.8, 4) is 5.75 Å². The van der Waals surface area contributed by atoms with E-state index in [1.54, 1.807) is 12.1 Å². The Bertz CT molecular complexity index is 1100. The molecule has 2 heterocycles. The molecule has 0 unspecified atom stereocenters. The average molecular weight is 428 g/mol. The zero-order chi connectivity index (χ0) is 22.2. The number of carbonyl (C=O) groups is 1. The van der Waals surface area contributed by atoms with Crippen LogP contribution in [0.1, 0.15) is 61.8 Å². The summed E-state index contributed by atoms with van der Waals surface area (Å²) in [4.78, 5) is 16.5. The van der Waals surface area contributed by atoms with Gasteiger partial charge in [-0.15, -0.1) is 0 Å². The van der Waals surface area contributed by atoms with Crippen molar-refractivity contribution in [1.29, 1.82) is 0 Å². The second kappa shape index (κ2) is 8.24. The van der Waals surface area contributed by atoms with E-state index in [9.17, 15) is 13.6 Å². The van der Waals surface area contributed by atoms with E-state index in [0.717, 1.165) is 36.6 Å². The number of hydrogen-bond donors (Lipinski definition) is 1. The number of alkyl halides is 2. The van der Waals surface area contributed by atoms with E-state index in [1.807, 2.05) is 10.9 Å². The van der Waals surface area contributed by atoms with Crippen LogP contribution < -0.4 is 10.1 Å². The normalized spacial score (nSPS) is 19.4. The molecule has 1 aromatic carbocycles. The molecule has 4 rings (SSSR count). The summed E-state index contributed by atoms with van der Waals surface area (Å²) in [5.74, 6) is -2.51. The first-order valence-electron chi connectivity index (χ1n) is 10.5. The molecule has 1 fully saturated rings. The standard InChI is InChI=1S/C23H26F2N4O2/c1-14-7-9-16(10-8-14)29-13-15-11-19(20(31-3)12-18(15)28-29)27-22(30)17-5-4-6-21(26-17)23(2,24)25/h4-6,11-14,16H,7-10H2,1-3H3,(H,27,30). The number of pyridine rings is 1. The van der Waals surface area contributed by atoms with E-state index >= 15 is 0 Å². The van der Waals surface area contributed by atoms with Crippen LogP contribution in [-0.2, 0) is 5.92 Å². The molecule has 0 atom stereocenters. The zero-order valence-corrected chi connectivity index (χ0v) is 17.9. The predicted molar refractivity (Wildman–Crippen MR) is 115 cm³/mol. The summed E-state index contributed by atoms with van der Waals surface area (Å²) in [7, 11) is 1.51. The van der Waals surface area contributed by atoms with Gasteiger partial charge in [-0.2, -0.15) is 13.9 Å². The van der Waals surface area contributed by atoms with Gasteiger partial charge in [0.05, 0.1) is 24.4 Å². The summed E-state index contributed by atoms with van der Waals surface area (Å²) in [6, 6.07) is 7.93. The highest BCUT2D eigenvalue weighted by Crippen LogP contribution is 2.35. The zero-order valence-electron chi connectivity index (χ0n) is 17.9. The molecule has 31 heavy (non-hydrogen) atoms. The van der Waals surface area contributed by atoms with Gasteiger partial charge in [-0.25, -0.2) is 4.98 Å². The van der Waals surface area contributed by atoms with Gasteiger partial charge in [0, 0.05) is 24.6 Å². The van der Waals surface area contributed by atoms with Crippen molar-refractivity contribution in [2.75, 3.05) is 12.4 Å². The minimum absolute atomic E-state index is 0.0896. The molecule has 0 aliphatic heterocycles. The molecule has 6 nitrogen and oxygen atoms in total. The fourth-order valence-electron chi connectivity index (χ4n) is 4.02. The Morgan fingerprint density at radius 2 is 1.97 bits per heavy atom. The van der Waals surface area contributed by atoms with Crippen LogP contribution >= 0.6 is 0 Å². The van der Waals surface area contributed by atoms with Gasteiger partial charge in [-0.05, 0) is 49.8 Å². The summed E-state index contributed by atoms with van der Waals surface area (Å²) < 4.78 is 34.6. The number of amides is 1. The van der Waals surface area contributed by atoms with Crippen molar-refractivity contribution >= 4 is 22.5 Å². The van der Waals surface area contributed by atoms with Crippen LogP contribution in [0.15, 0.2) is 36.5 Å². The van der Waals surface area contributed by atoms with Gasteiger partial charge >= 0.3 is 0 Å². The fraction of sp³-hybridized carbons (Fsp3) is 0.435. The number of carbonyl (C=O) groups excluding carboxylic acids is 1. The minimum Gasteiger partial charge on any atom is -0.494 e. The van der Waals surface area contributed by atoms with Crippen molar-refractivity contribution in [3.63, 3.8) is 0 Å². The highest BCUT2D eigenvalue weighted by Gasteiger charge is 2.27. The van der Waals surface area contributed by atoms with Crippen LogP contribution in [0.4, 0.5) is 14.5 Å². The molecule has 164 valence electrons. The van der Waals surface area contributed by atoms with Crippen molar-refractivity contribution in [3.05, 3.63) is 47.9 Å². The maximum absolute atomic E-state index is 13.6. The monoisotopic (exact) mass is 428 g/mol. The molecule has 1 aliphatic rings. The highest BCUT2D eigenvalue weighted by molar-refractivity contribution is 6.05. The molecule has 0 saturated heterocycles. The molecule has 0 bridgehead atoms. The van der Waals surface area contributed by atoms with Gasteiger partial charge in [-0.3, -0.25) is 9.48 Å². The third-order valence-electron chi connectivity index (χ3n) is 5.88. The molecular weight excluding hydrogens is 402 g/mol. The molecule has 0 spiro atoms. The lowest BCUT2D eigenvalue weighted by Gasteiger charge is -2.26. The molecule has 1 N–H and O–H groups in total. The van der Waals surface area contributed by atoms with Gasteiger partial charge < -0.3 is 10.1 Å². The van der Waals surface area contributed by atoms with E-state index in [1.165, 1.54) is 38.2 Å². The molecule has 1 amide bonds. The Balaban J connectivity index is 1.60. The van der Waals surface area contributed by atoms with E-state index in [0.29, 0.717) is 17.5 Å². The smallest absolute Gasteiger partial charge is 0.287 e. The van der Waals surface area contributed by atoms with Crippen LogP contribution in [0.3, 0.4) is 0 Å². The van der Waals surface area contributed by atoms with Crippen LogP contribution in [0.25, 0.3) is 10.9 Å². The number of methoxy groups -OCH3 is 1. The number of anilines is 1. The topological polar surface area (TPSA) is 69.0 Å². The minimum atomic E-state index is -3.13. The first kappa shape index (κ1) is 21.2. The Labute approximate surface area is 179 Å². The molecule has 1 saturated carbocycles. The molecule has 1 aliphatic carbocycles. The van der Waals surface area contributed by atoms with Gasteiger partial charge in [0.1, 0.15) is 17.1 Å². The number of rotatable bonds is 5. The lowest BCUT2D eigenvalue weighted by Crippen LogP contribution is -2.17. The first-order valence-corrected chi connectivity index (χ1v) is 10.5. The number of ether oxygens (including phenoxy) is 1. The third-order valence-corrected chi connectivity index (χ3v) is 5.88. The lowest BCUT2D eigenvalue weighted by atomic mass is 9.87. The molecular formula is C23H26F2N4O2. The average Bonchev–Trinajstić information content (AvgIpc) is 3.16. The number of aromatic nitrogens is 3. The van der Waals surface area contributed by atoms with Gasteiger partial charge in [0.2, 0.25) is 0 Å². The van der Waals surface area contributed by atoms with E-state index in [2.05, 4.69) is 17.2 Å². The SMILES string of the molecule is COc1cc2nn(C3CCC(C)CC3)cc2cc1NC(=O)c1cccc(C(C)(F)F)n1. The van der Waals surface area contributed by atoms with Crippen LogP contribution in [0.2, 0.25) is 0 Å². The van der Waals surface area contributed by atoms with Crippen molar-refractivity contribution in [2.45, 2.75) is 51.5 Å². The number of nitrogens with zero attached hydrogens (tertiary/aromatic N) is 3. The van der Waals surface area contributed by atoms with E-state index in [4.69, 9.17) is 9.84 Å². The third kappa shape index (κ3) is 4.52. The van der Waals surface area contributed by atoms with Crippen molar-refractivity contribution < 1.29 is 18.3 Å². The Morgan fingerprint density at radius 3 is 2.65 bits per heavy atom. The number of benzene rings is 1. The maximum Gasteiger partial charge on any atom is 0.287 e. The van der Waals surface area contributed by atoms with Gasteiger partial charge in [0.15, 0.2) is 0 Å². The highest BCUT2D eigenvalue weighted by atomic mass is 19.3. The number of hydrogen-bond acceptors (Lipinski definition) is 4. The van der Waals surface area contributed by atoms with Gasteiger partial charge in [0.25, 0.3) is 11.8 Å². The number of fused-ring (bicyclic) bond motifs is 1. The van der Waals surface area contributed by atoms with Crippen molar-refractivity contribution in [1.82, 2.24) is 14.8 Å². The summed E-state index contributed by atoms with van der Waals surface area (Å²) in [5.41, 5.74) is 0.672. The van der Waals surface area contributed by atoms with Gasteiger partial charge in [-0.1, -0.05) is 13.0 Å². The van der Waals surface area contributed by atoms with Crippen LogP contribution in [0, 0.1) is 5.92 Å². The molecule has 3 aromatic rings. The first-order chi connectivity index (χ1) is 14.7. The maximum atomic E-state index is 13.6. The number of nitrogens with one attached hydrogen (secondary N) is 1. The second-order valence-corrected chi connectivity index (χ2v) is 8.38. The fourth-order valence-corrected chi connectivity index (χ4v) is 4.02. The summed E-state index contributed by atoms with van der Waals surface area (Å²) >= 11 is 0. The summed E-state index contributed by atoms with van der Waals surface area (Å²) in [6.07, 6.45) is 6.56. The predicted octanol–water partition coefficient (Wildman–Crippen LogP) is 5.56. The second-order valence-electron chi connectivity index (χ2n) is 8.38. The summed E-state index contributed by atoms with van der Waals surface area (Å²) in [5, 5.41) is 8.32. The molecule has 2 aromatic heterocycles. The molecule has 8 heteroatoms. The molecule has 0 radical (unpaired) electrons. The van der Waals surface area contributed by atoms with Crippen LogP contribution in [-0.4, -0.2) is 27.8 Å². The summed E-state index contributed by atoms with van der Waals surface area (Å²) in [6.45, 7) is 3.03. The number of halogens is 2. The lowest BCUT2D eigenvalue weighted by molar-refractivity contribution is 0.0126. The Hall–Kier alpha value is -3.03. The van der Waals surface area contributed by atoms with E-state index in [-0.39, 0.29) is 5.69 Å². The van der Waals surface area contributed by atoms with Crippen LogP contribution in [0.5, 0.6) is 5.75 Å². The van der Waals surface area contributed by atoms with Crippen molar-refractivity contribution in [2.24, 2.45) is 5.92 Å². The quantitative estimate of drug-likeness (QED) is 0.578. The largest absolute Gasteiger partial charge is 0.494 e. The Morgan fingerprint density at radius 1 is 1.23 bits per heavy atom.